The van der Waals surface area contributed by atoms with Crippen molar-refractivity contribution in [3.05, 3.63) is 0 Å². The number of amides is 2. The molecule has 0 bridgehead atoms. The first kappa shape index (κ1) is 10.0. The molecule has 0 spiro atoms. The van der Waals surface area contributed by atoms with Crippen LogP contribution in [0.5, 0.6) is 0 Å². The van der Waals surface area contributed by atoms with Crippen molar-refractivity contribution in [3.8, 4) is 0 Å². The predicted octanol–water partition coefficient (Wildman–Crippen LogP) is -1.03. The van der Waals surface area contributed by atoms with E-state index in [2.05, 4.69) is 23.3 Å². The number of nitrogens with two attached hydrogens (primary N) is 1. The Bertz CT molecular complexity index is 162. The molecule has 0 unspecified atom stereocenters. The van der Waals surface area contributed by atoms with Crippen LogP contribution in [0.1, 0.15) is 0 Å². The number of carbonyl (C=O) groups is 2. The van der Waals surface area contributed by atoms with Gasteiger partial charge in [0, 0.05) is 5.75 Å². The normalized spacial score (nSPS) is 11.8. The second-order valence-electron chi connectivity index (χ2n) is 1.65. The molecule has 7 heteroatoms. The van der Waals surface area contributed by atoms with Gasteiger partial charge in [0.15, 0.2) is 0 Å². The highest BCUT2D eigenvalue weighted by Crippen LogP contribution is 1.89. The molecule has 0 aliphatic carbocycles. The van der Waals surface area contributed by atoms with Crippen molar-refractivity contribution in [1.82, 2.24) is 5.32 Å². The van der Waals surface area contributed by atoms with Crippen molar-refractivity contribution >= 4 is 24.6 Å². The summed E-state index contributed by atoms with van der Waals surface area (Å²) in [5, 5.41) is 9.88. The van der Waals surface area contributed by atoms with Gasteiger partial charge in [0.05, 0.1) is 0 Å². The van der Waals surface area contributed by atoms with Gasteiger partial charge in [-0.05, 0) is 0 Å². The fraction of sp³-hybridized carbons (Fsp3) is 0.500. The van der Waals surface area contributed by atoms with Crippen LogP contribution in [-0.4, -0.2) is 29.1 Å². The SMILES string of the molecule is NC(=O)N[C@@H](CS)C(=O)OO. The van der Waals surface area contributed by atoms with Crippen LogP contribution in [0.4, 0.5) is 4.79 Å². The number of carbonyl (C=O) groups excluding carboxylic acids is 2. The summed E-state index contributed by atoms with van der Waals surface area (Å²) in [7, 11) is 0. The topological polar surface area (TPSA) is 102 Å². The summed E-state index contributed by atoms with van der Waals surface area (Å²) in [4.78, 5) is 24.0. The number of primary amides is 1. The third-order valence-corrected chi connectivity index (χ3v) is 1.24. The second-order valence-corrected chi connectivity index (χ2v) is 2.02. The Labute approximate surface area is 68.0 Å². The van der Waals surface area contributed by atoms with Gasteiger partial charge in [-0.25, -0.2) is 9.59 Å². The zero-order valence-electron chi connectivity index (χ0n) is 5.48. The van der Waals surface area contributed by atoms with E-state index in [1.807, 2.05) is 5.32 Å². The molecule has 1 atom stereocenters. The van der Waals surface area contributed by atoms with Gasteiger partial charge >= 0.3 is 12.0 Å². The van der Waals surface area contributed by atoms with Crippen LogP contribution < -0.4 is 11.1 Å². The molecule has 0 saturated heterocycles. The minimum atomic E-state index is -1.01. The zero-order valence-corrected chi connectivity index (χ0v) is 6.38. The summed E-state index contributed by atoms with van der Waals surface area (Å²) in [6, 6.07) is -1.89. The van der Waals surface area contributed by atoms with Crippen LogP contribution >= 0.6 is 12.6 Å². The van der Waals surface area contributed by atoms with Gasteiger partial charge in [-0.2, -0.15) is 17.9 Å². The van der Waals surface area contributed by atoms with E-state index in [1.54, 1.807) is 0 Å². The number of nitrogens with one attached hydrogen (secondary N) is 1. The Balaban J connectivity index is 3.94. The van der Waals surface area contributed by atoms with Gasteiger partial charge in [-0.1, -0.05) is 0 Å². The molecule has 0 rings (SSSR count). The number of hydrogen-bond donors (Lipinski definition) is 4. The Morgan fingerprint density at radius 1 is 1.73 bits per heavy atom. The molecule has 0 aromatic carbocycles. The van der Waals surface area contributed by atoms with Crippen LogP contribution in [0.3, 0.4) is 0 Å². The highest BCUT2D eigenvalue weighted by molar-refractivity contribution is 7.80. The lowest BCUT2D eigenvalue weighted by atomic mass is 10.3. The first-order valence-corrected chi connectivity index (χ1v) is 3.27. The summed E-state index contributed by atoms with van der Waals surface area (Å²) in [5.74, 6) is -0.999. The van der Waals surface area contributed by atoms with Crippen LogP contribution in [0.15, 0.2) is 0 Å². The molecule has 0 fully saturated rings. The standard InChI is InChI=1S/C4H8N2O4S/c5-4(8)6-2(1-11)3(7)10-9/h2,9,11H,1H2,(H3,5,6,8)/t2-/m0/s1. The van der Waals surface area contributed by atoms with Gasteiger partial charge in [-0.15, -0.1) is 0 Å². The van der Waals surface area contributed by atoms with E-state index in [1.165, 1.54) is 0 Å². The van der Waals surface area contributed by atoms with Gasteiger partial charge in [0.25, 0.3) is 0 Å². The zero-order chi connectivity index (χ0) is 8.85. The van der Waals surface area contributed by atoms with E-state index in [-0.39, 0.29) is 5.75 Å². The molecule has 0 aliphatic rings. The van der Waals surface area contributed by atoms with Crippen molar-refractivity contribution in [3.63, 3.8) is 0 Å². The smallest absolute Gasteiger partial charge is 0.352 e. The maximum atomic E-state index is 10.5. The molecule has 0 aromatic rings. The highest BCUT2D eigenvalue weighted by atomic mass is 32.1. The summed E-state index contributed by atoms with van der Waals surface area (Å²) in [5.41, 5.74) is 4.69. The molecule has 0 heterocycles. The minimum absolute atomic E-state index is 0.00231. The summed E-state index contributed by atoms with van der Waals surface area (Å²) in [6.45, 7) is 0. The lowest BCUT2D eigenvalue weighted by Crippen LogP contribution is -2.45. The molecule has 11 heavy (non-hydrogen) atoms. The Morgan fingerprint density at radius 2 is 2.27 bits per heavy atom. The fourth-order valence-corrected chi connectivity index (χ4v) is 0.655. The highest BCUT2D eigenvalue weighted by Gasteiger charge is 2.19. The van der Waals surface area contributed by atoms with Crippen LogP contribution in [-0.2, 0) is 9.68 Å². The Hall–Kier alpha value is -0.950. The van der Waals surface area contributed by atoms with Gasteiger partial charge in [0.2, 0.25) is 0 Å². The lowest BCUT2D eigenvalue weighted by Gasteiger charge is -2.09. The lowest BCUT2D eigenvalue weighted by molar-refractivity contribution is -0.235. The van der Waals surface area contributed by atoms with E-state index in [0.717, 1.165) is 0 Å². The average Bonchev–Trinajstić information content (AvgIpc) is 1.98. The first-order valence-electron chi connectivity index (χ1n) is 2.64. The molecule has 0 aliphatic heterocycles. The van der Waals surface area contributed by atoms with E-state index in [4.69, 9.17) is 5.26 Å². The first-order chi connectivity index (χ1) is 5.11. The molecule has 0 aromatic heterocycles. The van der Waals surface area contributed by atoms with E-state index in [0.29, 0.717) is 0 Å². The fourth-order valence-electron chi connectivity index (χ4n) is 0.414. The van der Waals surface area contributed by atoms with Crippen molar-refractivity contribution in [2.75, 3.05) is 5.75 Å². The molecular formula is C4H8N2O4S. The Morgan fingerprint density at radius 3 is 2.55 bits per heavy atom. The third-order valence-electron chi connectivity index (χ3n) is 0.874. The third kappa shape index (κ3) is 3.68. The van der Waals surface area contributed by atoms with Gasteiger partial charge in [-0.3, -0.25) is 4.89 Å². The number of rotatable bonds is 3. The number of thiol groups is 1. The average molecular weight is 180 g/mol. The van der Waals surface area contributed by atoms with Crippen molar-refractivity contribution in [2.24, 2.45) is 5.73 Å². The molecule has 64 valence electrons. The van der Waals surface area contributed by atoms with Gasteiger partial charge in [0.1, 0.15) is 6.04 Å². The Kier molecular flexibility index (Phi) is 4.39. The quantitative estimate of drug-likeness (QED) is 0.253. The summed E-state index contributed by atoms with van der Waals surface area (Å²) < 4.78 is 0. The largest absolute Gasteiger partial charge is 0.364 e. The van der Waals surface area contributed by atoms with Gasteiger partial charge < -0.3 is 11.1 Å². The summed E-state index contributed by atoms with van der Waals surface area (Å²) >= 11 is 3.70. The van der Waals surface area contributed by atoms with Crippen molar-refractivity contribution in [2.45, 2.75) is 6.04 Å². The number of hydrogen-bond acceptors (Lipinski definition) is 5. The molecule has 6 nitrogen and oxygen atoms in total. The molecule has 0 saturated carbocycles. The monoisotopic (exact) mass is 180 g/mol. The molecule has 2 amide bonds. The molecule has 0 radical (unpaired) electrons. The predicted molar refractivity (Wildman–Crippen MR) is 39.1 cm³/mol. The van der Waals surface area contributed by atoms with Crippen LogP contribution in [0.2, 0.25) is 0 Å². The van der Waals surface area contributed by atoms with E-state index in [9.17, 15) is 9.59 Å². The second kappa shape index (κ2) is 4.80. The van der Waals surface area contributed by atoms with Crippen molar-refractivity contribution < 1.29 is 19.7 Å². The number of urea groups is 1. The molecule has 4 N–H and O–H groups in total. The maximum absolute atomic E-state index is 10.5. The summed E-state index contributed by atoms with van der Waals surface area (Å²) in [6.07, 6.45) is 0. The minimum Gasteiger partial charge on any atom is -0.352 e. The molecular weight excluding hydrogens is 172 g/mol. The maximum Gasteiger partial charge on any atom is 0.364 e. The van der Waals surface area contributed by atoms with Crippen LogP contribution in [0.25, 0.3) is 0 Å². The van der Waals surface area contributed by atoms with Crippen molar-refractivity contribution in [1.29, 1.82) is 0 Å². The van der Waals surface area contributed by atoms with E-state index >= 15 is 0 Å². The van der Waals surface area contributed by atoms with E-state index < -0.39 is 18.0 Å². The van der Waals surface area contributed by atoms with Crippen LogP contribution in [0, 0.1) is 0 Å².